The molecule has 1 aliphatic rings. The summed E-state index contributed by atoms with van der Waals surface area (Å²) in [6, 6.07) is 5.41. The van der Waals surface area contributed by atoms with Crippen molar-refractivity contribution in [1.82, 2.24) is 9.88 Å². The molecular weight excluding hydrogens is 282 g/mol. The van der Waals surface area contributed by atoms with Gasteiger partial charge in [0, 0.05) is 25.2 Å². The Kier molecular flexibility index (Phi) is 4.02. The van der Waals surface area contributed by atoms with Gasteiger partial charge < -0.3 is 19.7 Å². The standard InChI is InChI=1S/C16H21N3O3/c1-10(20)8-13-4-3-7-19(13)16(21)18-12-5-6-15-14(9-12)17-11(2)22-15/h5-6,9-10,13,20H,3-4,7-8H2,1-2H3,(H,18,21). The lowest BCUT2D eigenvalue weighted by Gasteiger charge is -2.25. The van der Waals surface area contributed by atoms with Crippen LogP contribution in [0, 0.1) is 6.92 Å². The first-order valence-electron chi connectivity index (χ1n) is 7.66. The van der Waals surface area contributed by atoms with Crippen LogP contribution in [-0.2, 0) is 0 Å². The molecule has 2 atom stereocenters. The fraction of sp³-hybridized carbons (Fsp3) is 0.500. The van der Waals surface area contributed by atoms with Gasteiger partial charge >= 0.3 is 6.03 Å². The molecule has 3 rings (SSSR count). The number of likely N-dealkylation sites (tertiary alicyclic amines) is 1. The van der Waals surface area contributed by atoms with Crippen molar-refractivity contribution < 1.29 is 14.3 Å². The first-order valence-corrected chi connectivity index (χ1v) is 7.66. The van der Waals surface area contributed by atoms with Gasteiger partial charge in [0.15, 0.2) is 11.5 Å². The van der Waals surface area contributed by atoms with E-state index in [2.05, 4.69) is 10.3 Å². The minimum absolute atomic E-state index is 0.109. The van der Waals surface area contributed by atoms with Crippen molar-refractivity contribution in [2.75, 3.05) is 11.9 Å². The van der Waals surface area contributed by atoms with Gasteiger partial charge in [0.05, 0.1) is 6.10 Å². The van der Waals surface area contributed by atoms with Crippen LogP contribution in [0.3, 0.4) is 0 Å². The summed E-state index contributed by atoms with van der Waals surface area (Å²) in [4.78, 5) is 18.5. The van der Waals surface area contributed by atoms with Crippen LogP contribution in [0.4, 0.5) is 10.5 Å². The van der Waals surface area contributed by atoms with E-state index in [1.807, 2.05) is 23.1 Å². The third kappa shape index (κ3) is 3.06. The maximum atomic E-state index is 12.4. The summed E-state index contributed by atoms with van der Waals surface area (Å²) in [6.45, 7) is 4.28. The molecule has 1 aromatic carbocycles. The molecule has 2 N–H and O–H groups in total. The van der Waals surface area contributed by atoms with Gasteiger partial charge in [0.1, 0.15) is 5.52 Å². The maximum Gasteiger partial charge on any atom is 0.322 e. The Morgan fingerprint density at radius 3 is 3.18 bits per heavy atom. The van der Waals surface area contributed by atoms with E-state index >= 15 is 0 Å². The minimum Gasteiger partial charge on any atom is -0.441 e. The number of aliphatic hydroxyl groups is 1. The van der Waals surface area contributed by atoms with Crippen LogP contribution in [0.2, 0.25) is 0 Å². The lowest BCUT2D eigenvalue weighted by Crippen LogP contribution is -2.40. The summed E-state index contributed by atoms with van der Waals surface area (Å²) >= 11 is 0. The molecule has 22 heavy (non-hydrogen) atoms. The van der Waals surface area contributed by atoms with Crippen LogP contribution in [-0.4, -0.2) is 39.7 Å². The second kappa shape index (κ2) is 5.96. The zero-order valence-corrected chi connectivity index (χ0v) is 12.9. The molecule has 2 aromatic rings. The van der Waals surface area contributed by atoms with Gasteiger partial charge in [-0.3, -0.25) is 0 Å². The monoisotopic (exact) mass is 303 g/mol. The number of anilines is 1. The number of aryl methyl sites for hydroxylation is 1. The highest BCUT2D eigenvalue weighted by atomic mass is 16.3. The lowest BCUT2D eigenvalue weighted by atomic mass is 10.1. The fourth-order valence-corrected chi connectivity index (χ4v) is 3.06. The van der Waals surface area contributed by atoms with Crippen LogP contribution in [0.5, 0.6) is 0 Å². The largest absolute Gasteiger partial charge is 0.441 e. The molecule has 0 bridgehead atoms. The number of fused-ring (bicyclic) bond motifs is 1. The molecule has 2 unspecified atom stereocenters. The van der Waals surface area contributed by atoms with E-state index in [0.717, 1.165) is 24.9 Å². The van der Waals surface area contributed by atoms with Gasteiger partial charge in [-0.1, -0.05) is 0 Å². The zero-order chi connectivity index (χ0) is 15.7. The van der Waals surface area contributed by atoms with E-state index in [4.69, 9.17) is 4.42 Å². The highest BCUT2D eigenvalue weighted by molar-refractivity contribution is 5.92. The molecule has 0 saturated carbocycles. The zero-order valence-electron chi connectivity index (χ0n) is 12.9. The summed E-state index contributed by atoms with van der Waals surface area (Å²) in [5, 5.41) is 12.5. The van der Waals surface area contributed by atoms with Crippen LogP contribution >= 0.6 is 0 Å². The van der Waals surface area contributed by atoms with Crippen LogP contribution in [0.25, 0.3) is 11.1 Å². The maximum absolute atomic E-state index is 12.4. The van der Waals surface area contributed by atoms with Crippen molar-refractivity contribution in [3.05, 3.63) is 24.1 Å². The number of rotatable bonds is 3. The number of carbonyl (C=O) groups is 1. The third-order valence-corrected chi connectivity index (χ3v) is 4.00. The van der Waals surface area contributed by atoms with Gasteiger partial charge in [-0.2, -0.15) is 0 Å². The molecule has 6 nitrogen and oxygen atoms in total. The molecular formula is C16H21N3O3. The van der Waals surface area contributed by atoms with Gasteiger partial charge in [0.2, 0.25) is 0 Å². The Hall–Kier alpha value is -2.08. The number of hydrogen-bond acceptors (Lipinski definition) is 4. The van der Waals surface area contributed by atoms with Gasteiger partial charge in [-0.05, 0) is 44.4 Å². The van der Waals surface area contributed by atoms with Crippen LogP contribution in [0.1, 0.15) is 32.1 Å². The van der Waals surface area contributed by atoms with E-state index in [1.54, 1.807) is 13.8 Å². The van der Waals surface area contributed by atoms with Crippen LogP contribution < -0.4 is 5.32 Å². The second-order valence-corrected chi connectivity index (χ2v) is 5.92. The first kappa shape index (κ1) is 14.8. The lowest BCUT2D eigenvalue weighted by molar-refractivity contribution is 0.142. The van der Waals surface area contributed by atoms with Crippen molar-refractivity contribution >= 4 is 22.8 Å². The van der Waals surface area contributed by atoms with E-state index in [1.165, 1.54) is 0 Å². The van der Waals surface area contributed by atoms with E-state index in [9.17, 15) is 9.90 Å². The Labute approximate surface area is 129 Å². The molecule has 0 aliphatic carbocycles. The summed E-state index contributed by atoms with van der Waals surface area (Å²) in [7, 11) is 0. The second-order valence-electron chi connectivity index (χ2n) is 5.92. The Bertz CT molecular complexity index is 680. The number of amides is 2. The van der Waals surface area contributed by atoms with Gasteiger partial charge in [-0.25, -0.2) is 9.78 Å². The summed E-state index contributed by atoms with van der Waals surface area (Å²) in [6.07, 6.45) is 2.15. The smallest absolute Gasteiger partial charge is 0.322 e. The Morgan fingerprint density at radius 2 is 2.41 bits per heavy atom. The number of hydrogen-bond donors (Lipinski definition) is 2. The minimum atomic E-state index is -0.396. The van der Waals surface area contributed by atoms with Crippen molar-refractivity contribution in [3.8, 4) is 0 Å². The number of oxazole rings is 1. The topological polar surface area (TPSA) is 78.6 Å². The molecule has 1 aromatic heterocycles. The normalized spacial score (nSPS) is 19.6. The number of aliphatic hydroxyl groups excluding tert-OH is 1. The van der Waals surface area contributed by atoms with E-state index < -0.39 is 6.10 Å². The number of nitrogens with zero attached hydrogens (tertiary/aromatic N) is 2. The summed E-state index contributed by atoms with van der Waals surface area (Å²) in [5.41, 5.74) is 2.15. The highest BCUT2D eigenvalue weighted by Gasteiger charge is 2.29. The first-order chi connectivity index (χ1) is 10.5. The molecule has 2 heterocycles. The Morgan fingerprint density at radius 1 is 1.59 bits per heavy atom. The van der Waals surface area contributed by atoms with Gasteiger partial charge in [-0.15, -0.1) is 0 Å². The highest BCUT2D eigenvalue weighted by Crippen LogP contribution is 2.24. The number of urea groups is 1. The molecule has 118 valence electrons. The predicted octanol–water partition coefficient (Wildman–Crippen LogP) is 2.90. The van der Waals surface area contributed by atoms with Crippen molar-refractivity contribution in [3.63, 3.8) is 0 Å². The average Bonchev–Trinajstić information content (AvgIpc) is 3.02. The van der Waals surface area contributed by atoms with Gasteiger partial charge in [0.25, 0.3) is 0 Å². The molecule has 1 aliphatic heterocycles. The van der Waals surface area contributed by atoms with Crippen molar-refractivity contribution in [2.45, 2.75) is 45.3 Å². The van der Waals surface area contributed by atoms with Crippen LogP contribution in [0.15, 0.2) is 22.6 Å². The number of aromatic nitrogens is 1. The molecule has 2 amide bonds. The predicted molar refractivity (Wildman–Crippen MR) is 83.8 cm³/mol. The number of nitrogens with one attached hydrogen (secondary N) is 1. The third-order valence-electron chi connectivity index (χ3n) is 4.00. The molecule has 0 spiro atoms. The molecule has 0 radical (unpaired) electrons. The van der Waals surface area contributed by atoms with Crippen molar-refractivity contribution in [1.29, 1.82) is 0 Å². The van der Waals surface area contributed by atoms with Crippen molar-refractivity contribution in [2.24, 2.45) is 0 Å². The quantitative estimate of drug-likeness (QED) is 0.914. The van der Waals surface area contributed by atoms with E-state index in [-0.39, 0.29) is 12.1 Å². The number of carbonyl (C=O) groups excluding carboxylic acids is 1. The molecule has 6 heteroatoms. The Balaban J connectivity index is 1.71. The summed E-state index contributed by atoms with van der Waals surface area (Å²) < 4.78 is 5.43. The fourth-order valence-electron chi connectivity index (χ4n) is 3.06. The van der Waals surface area contributed by atoms with E-state index in [0.29, 0.717) is 23.6 Å². The SMILES string of the molecule is Cc1nc2cc(NC(=O)N3CCCC3CC(C)O)ccc2o1. The average molecular weight is 303 g/mol. The molecule has 1 fully saturated rings. The number of benzene rings is 1. The molecule has 1 saturated heterocycles. The summed E-state index contributed by atoms with van der Waals surface area (Å²) in [5.74, 6) is 0.606.